The van der Waals surface area contributed by atoms with Gasteiger partial charge in [0, 0.05) is 5.57 Å². The van der Waals surface area contributed by atoms with Crippen LogP contribution in [-0.2, 0) is 18.6 Å². The summed E-state index contributed by atoms with van der Waals surface area (Å²) in [5.74, 6) is -0.790. The maximum Gasteiger partial charge on any atom is 0.533 e. The van der Waals surface area contributed by atoms with Crippen molar-refractivity contribution < 1.29 is 28.4 Å². The van der Waals surface area contributed by atoms with E-state index in [0.717, 1.165) is 0 Å². The summed E-state index contributed by atoms with van der Waals surface area (Å²) in [5, 5.41) is 0. The number of carbonyl (C=O) groups excluding carboxylic acids is 1. The van der Waals surface area contributed by atoms with E-state index in [4.69, 9.17) is 9.79 Å². The fourth-order valence-corrected chi connectivity index (χ4v) is 0.389. The van der Waals surface area contributed by atoms with Crippen molar-refractivity contribution >= 4 is 13.8 Å². The van der Waals surface area contributed by atoms with Gasteiger partial charge in [0.2, 0.25) is 0 Å². The Kier molecular flexibility index (Phi) is 4.21. The van der Waals surface area contributed by atoms with Crippen LogP contribution in [0.3, 0.4) is 0 Å². The fraction of sp³-hybridized carbons (Fsp3) is 0.167. The summed E-state index contributed by atoms with van der Waals surface area (Å²) in [6.07, 6.45) is 3.16. The van der Waals surface area contributed by atoms with Gasteiger partial charge in [-0.3, -0.25) is 9.79 Å². The smallest absolute Gasteiger partial charge is 0.365 e. The largest absolute Gasteiger partial charge is 0.533 e. The van der Waals surface area contributed by atoms with Crippen LogP contribution in [0.1, 0.15) is 6.92 Å². The molecule has 0 aliphatic carbocycles. The second-order valence-electron chi connectivity index (χ2n) is 1.96. The topological polar surface area (TPSA) is 93.1 Å². The van der Waals surface area contributed by atoms with E-state index in [2.05, 4.69) is 15.8 Å². The second-order valence-corrected chi connectivity index (χ2v) is 3.12. The normalized spacial score (nSPS) is 9.46. The molecule has 0 fully saturated rings. The zero-order valence-corrected chi connectivity index (χ0v) is 7.58. The molecule has 0 spiro atoms. The van der Waals surface area contributed by atoms with Crippen LogP contribution in [0.4, 0.5) is 0 Å². The number of carbonyl (C=O) groups is 1. The Labute approximate surface area is 74.4 Å². The van der Waals surface area contributed by atoms with E-state index in [1.807, 2.05) is 0 Å². The van der Waals surface area contributed by atoms with E-state index in [-0.39, 0.29) is 5.57 Å². The van der Waals surface area contributed by atoms with E-state index in [1.54, 1.807) is 6.11 Å². The van der Waals surface area contributed by atoms with Gasteiger partial charge < -0.3 is 9.26 Å². The molecule has 0 aromatic rings. The van der Waals surface area contributed by atoms with Gasteiger partial charge in [-0.25, -0.2) is 9.36 Å². The molecule has 13 heavy (non-hydrogen) atoms. The fourth-order valence-electron chi connectivity index (χ4n) is 0.232. The van der Waals surface area contributed by atoms with Crippen LogP contribution in [-0.4, -0.2) is 15.8 Å². The molecule has 0 bridgehead atoms. The minimum absolute atomic E-state index is 0.116. The van der Waals surface area contributed by atoms with Gasteiger partial charge in [-0.15, -0.1) is 0 Å². The van der Waals surface area contributed by atoms with Crippen molar-refractivity contribution in [1.29, 1.82) is 0 Å². The minimum Gasteiger partial charge on any atom is -0.365 e. The molecular formula is C6H7O6P. The van der Waals surface area contributed by atoms with E-state index < -0.39 is 13.8 Å². The van der Waals surface area contributed by atoms with Crippen molar-refractivity contribution in [3.8, 4) is 12.2 Å². The van der Waals surface area contributed by atoms with Crippen molar-refractivity contribution in [2.75, 3.05) is 0 Å². The highest BCUT2D eigenvalue weighted by atomic mass is 31.2. The summed E-state index contributed by atoms with van der Waals surface area (Å²) in [4.78, 5) is 26.8. The molecule has 0 rings (SSSR count). The number of hydrogen-bond acceptors (Lipinski definition) is 4. The third-order valence-corrected chi connectivity index (χ3v) is 1.03. The molecule has 0 radical (unpaired) electrons. The predicted molar refractivity (Wildman–Crippen MR) is 41.8 cm³/mol. The first-order valence-electron chi connectivity index (χ1n) is 2.94. The summed E-state index contributed by atoms with van der Waals surface area (Å²) in [5.41, 5.74) is 0.116. The average Bonchev–Trinajstić information content (AvgIpc) is 1.95. The molecule has 0 amide bonds. The molecule has 0 heterocycles. The van der Waals surface area contributed by atoms with Gasteiger partial charge in [-0.2, -0.15) is 0 Å². The Hall–Kier alpha value is -1.28. The lowest BCUT2D eigenvalue weighted by atomic mass is 10.4. The molecule has 0 aromatic heterocycles. The molecule has 0 unspecified atom stereocenters. The lowest BCUT2D eigenvalue weighted by molar-refractivity contribution is -0.132. The Morgan fingerprint density at radius 2 is 2.00 bits per heavy atom. The molecule has 0 atom stereocenters. The van der Waals surface area contributed by atoms with Crippen molar-refractivity contribution in [2.45, 2.75) is 6.92 Å². The van der Waals surface area contributed by atoms with Crippen molar-refractivity contribution in [1.82, 2.24) is 0 Å². The van der Waals surface area contributed by atoms with Gasteiger partial charge in [0.25, 0.3) is 0 Å². The second kappa shape index (κ2) is 4.67. The van der Waals surface area contributed by atoms with Gasteiger partial charge >= 0.3 is 13.8 Å². The maximum atomic E-state index is 10.6. The number of hydrogen-bond donors (Lipinski definition) is 2. The Morgan fingerprint density at radius 3 is 2.38 bits per heavy atom. The van der Waals surface area contributed by atoms with E-state index in [9.17, 15) is 9.36 Å². The van der Waals surface area contributed by atoms with Crippen molar-refractivity contribution in [3.63, 3.8) is 0 Å². The molecular weight excluding hydrogens is 199 g/mol. The quantitative estimate of drug-likeness (QED) is 0.289. The van der Waals surface area contributed by atoms with Crippen LogP contribution < -0.4 is 0 Å². The maximum absolute atomic E-state index is 10.6. The predicted octanol–water partition coefficient (Wildman–Crippen LogP) is 0.133. The van der Waals surface area contributed by atoms with Crippen LogP contribution in [0, 0.1) is 12.2 Å². The summed E-state index contributed by atoms with van der Waals surface area (Å²) < 4.78 is 17.8. The van der Waals surface area contributed by atoms with Crippen molar-refractivity contribution in [3.05, 3.63) is 12.2 Å². The standard InChI is InChI=1S/C6H7O6P/c1-5(2)6(7)11-3-4-12-13(8,9)10/h1H2,2H3,(H2,8,9,10). The Balaban J connectivity index is 3.96. The molecule has 0 saturated carbocycles. The number of ether oxygens (including phenoxy) is 1. The van der Waals surface area contributed by atoms with Gasteiger partial charge in [0.15, 0.2) is 12.2 Å². The van der Waals surface area contributed by atoms with Crippen LogP contribution in [0.15, 0.2) is 12.2 Å². The highest BCUT2D eigenvalue weighted by Gasteiger charge is 2.12. The zero-order valence-electron chi connectivity index (χ0n) is 6.68. The number of rotatable bonds is 2. The molecule has 7 heteroatoms. The molecule has 0 aliphatic heterocycles. The molecule has 2 N–H and O–H groups in total. The average molecular weight is 206 g/mol. The lowest BCUT2D eigenvalue weighted by Crippen LogP contribution is -1.99. The summed E-state index contributed by atoms with van der Waals surface area (Å²) in [6.45, 7) is 4.64. The van der Waals surface area contributed by atoms with Crippen LogP contribution in [0.2, 0.25) is 0 Å². The number of phosphoric acid groups is 1. The Bertz CT molecular complexity index is 316. The molecule has 0 aromatic carbocycles. The van der Waals surface area contributed by atoms with E-state index >= 15 is 0 Å². The summed E-state index contributed by atoms with van der Waals surface area (Å²) in [6, 6.07) is 0. The van der Waals surface area contributed by atoms with Gasteiger partial charge in [0.1, 0.15) is 0 Å². The molecule has 72 valence electrons. The first kappa shape index (κ1) is 11.7. The first-order chi connectivity index (χ1) is 5.83. The minimum atomic E-state index is -4.64. The summed E-state index contributed by atoms with van der Waals surface area (Å²) in [7, 11) is -4.64. The van der Waals surface area contributed by atoms with Crippen LogP contribution >= 0.6 is 7.82 Å². The van der Waals surface area contributed by atoms with Crippen molar-refractivity contribution in [2.24, 2.45) is 0 Å². The number of phosphoric ester groups is 1. The van der Waals surface area contributed by atoms with Gasteiger partial charge in [0.05, 0.1) is 0 Å². The zero-order chi connectivity index (χ0) is 10.5. The Morgan fingerprint density at radius 1 is 1.46 bits per heavy atom. The third kappa shape index (κ3) is 7.09. The molecule has 0 saturated heterocycles. The number of esters is 1. The SMILES string of the molecule is C=C(C)C(=O)OC#COP(=O)(O)O. The molecule has 0 aliphatic rings. The lowest BCUT2D eigenvalue weighted by Gasteiger charge is -1.95. The van der Waals surface area contributed by atoms with E-state index in [0.29, 0.717) is 0 Å². The highest BCUT2D eigenvalue weighted by molar-refractivity contribution is 7.46. The highest BCUT2D eigenvalue weighted by Crippen LogP contribution is 2.34. The summed E-state index contributed by atoms with van der Waals surface area (Å²) >= 11 is 0. The van der Waals surface area contributed by atoms with Crippen LogP contribution in [0.5, 0.6) is 0 Å². The van der Waals surface area contributed by atoms with Gasteiger partial charge in [-0.05, 0) is 6.92 Å². The van der Waals surface area contributed by atoms with Crippen LogP contribution in [0.25, 0.3) is 0 Å². The van der Waals surface area contributed by atoms with E-state index in [1.165, 1.54) is 13.0 Å². The van der Waals surface area contributed by atoms with Gasteiger partial charge in [-0.1, -0.05) is 6.58 Å². The molecule has 6 nitrogen and oxygen atoms in total. The first-order valence-corrected chi connectivity index (χ1v) is 4.47. The third-order valence-electron chi connectivity index (χ3n) is 0.698. The monoisotopic (exact) mass is 206 g/mol.